The van der Waals surface area contributed by atoms with Crippen LogP contribution in [0.1, 0.15) is 265 Å². The zero-order chi connectivity index (χ0) is 43.1. The third kappa shape index (κ3) is 42.6. The monoisotopic (exact) mass is 830 g/mol. The SMILES string of the molecule is CC/C=C/C/C=C/C/C=C/CCCCCCC(=O)OC(CCCCCCCCCCCCC)CC(=O)NC(CO)C(O)CCCCCCCCCCCCCCCCC. The van der Waals surface area contributed by atoms with Crippen LogP contribution in [0.25, 0.3) is 0 Å². The summed E-state index contributed by atoms with van der Waals surface area (Å²) in [6.45, 7) is 6.38. The summed E-state index contributed by atoms with van der Waals surface area (Å²) in [5, 5.41) is 23.8. The smallest absolute Gasteiger partial charge is 0.306 e. The van der Waals surface area contributed by atoms with Gasteiger partial charge in [-0.3, -0.25) is 9.59 Å². The van der Waals surface area contributed by atoms with Crippen molar-refractivity contribution in [3.63, 3.8) is 0 Å². The first kappa shape index (κ1) is 57.1. The second-order valence-electron chi connectivity index (χ2n) is 17.5. The summed E-state index contributed by atoms with van der Waals surface area (Å²) in [6, 6.07) is -0.702. The molecule has 0 spiro atoms. The second-order valence-corrected chi connectivity index (χ2v) is 17.5. The van der Waals surface area contributed by atoms with Gasteiger partial charge in [-0.2, -0.15) is 0 Å². The van der Waals surface area contributed by atoms with E-state index < -0.39 is 18.2 Å². The molecule has 0 fully saturated rings. The highest BCUT2D eigenvalue weighted by Gasteiger charge is 2.24. The molecule has 59 heavy (non-hydrogen) atoms. The van der Waals surface area contributed by atoms with Crippen LogP contribution in [-0.4, -0.2) is 46.9 Å². The number of allylic oxidation sites excluding steroid dienone is 6. The van der Waals surface area contributed by atoms with E-state index in [2.05, 4.69) is 62.5 Å². The number of rotatable bonds is 46. The summed E-state index contributed by atoms with van der Waals surface area (Å²) in [5.41, 5.74) is 0. The van der Waals surface area contributed by atoms with Crippen molar-refractivity contribution in [2.45, 2.75) is 283 Å². The van der Waals surface area contributed by atoms with Crippen molar-refractivity contribution in [3.8, 4) is 0 Å². The number of unbranched alkanes of at least 4 members (excludes halogenated alkanes) is 28. The molecule has 0 aromatic rings. The maximum absolute atomic E-state index is 13.2. The molecule has 6 nitrogen and oxygen atoms in total. The van der Waals surface area contributed by atoms with Crippen LogP contribution in [0.5, 0.6) is 0 Å². The fourth-order valence-corrected chi connectivity index (χ4v) is 7.86. The van der Waals surface area contributed by atoms with Crippen molar-refractivity contribution in [1.82, 2.24) is 5.32 Å². The van der Waals surface area contributed by atoms with Crippen LogP contribution in [-0.2, 0) is 14.3 Å². The zero-order valence-corrected chi connectivity index (χ0v) is 39.4. The third-order valence-electron chi connectivity index (χ3n) is 11.7. The molecular formula is C53H99NO5. The molecule has 0 saturated heterocycles. The number of hydrogen-bond acceptors (Lipinski definition) is 5. The van der Waals surface area contributed by atoms with E-state index in [1.165, 1.54) is 141 Å². The Labute approximate surface area is 366 Å². The molecule has 0 aromatic carbocycles. The first-order valence-corrected chi connectivity index (χ1v) is 25.7. The van der Waals surface area contributed by atoms with E-state index in [0.717, 1.165) is 77.0 Å². The molecule has 0 aliphatic carbocycles. The van der Waals surface area contributed by atoms with Gasteiger partial charge in [-0.15, -0.1) is 0 Å². The van der Waals surface area contributed by atoms with Crippen LogP contribution >= 0.6 is 0 Å². The molecule has 0 saturated carbocycles. The number of esters is 1. The second kappa shape index (κ2) is 47.1. The summed E-state index contributed by atoms with van der Waals surface area (Å²) in [4.78, 5) is 26.1. The normalized spacial score (nSPS) is 13.5. The molecular weight excluding hydrogens is 731 g/mol. The van der Waals surface area contributed by atoms with Gasteiger partial charge in [-0.05, 0) is 57.8 Å². The molecule has 3 atom stereocenters. The average Bonchev–Trinajstić information content (AvgIpc) is 3.23. The molecule has 346 valence electrons. The standard InChI is InChI=1S/C53H99NO5/c1-4-7-10-13-16-19-22-24-26-27-30-33-36-39-42-45-51(56)50(48-55)54-52(57)47-49(44-41-38-35-32-29-21-18-15-12-9-6-3)59-53(58)46-43-40-37-34-31-28-25-23-20-17-14-11-8-5-2/h8,11,17,20,25,28,49-51,55-56H,4-7,9-10,12-16,18-19,21-24,26-27,29-48H2,1-3H3,(H,54,57)/b11-8+,20-17+,28-25+. The molecule has 0 aromatic heterocycles. The number of amides is 1. The fraction of sp³-hybridized carbons (Fsp3) is 0.849. The van der Waals surface area contributed by atoms with Crippen molar-refractivity contribution in [3.05, 3.63) is 36.5 Å². The molecule has 6 heteroatoms. The van der Waals surface area contributed by atoms with Gasteiger partial charge >= 0.3 is 5.97 Å². The molecule has 0 rings (SSSR count). The van der Waals surface area contributed by atoms with Crippen LogP contribution in [0.15, 0.2) is 36.5 Å². The highest BCUT2D eigenvalue weighted by molar-refractivity contribution is 5.77. The quantitative estimate of drug-likeness (QED) is 0.0323. The van der Waals surface area contributed by atoms with Gasteiger partial charge in [-0.25, -0.2) is 0 Å². The van der Waals surface area contributed by atoms with E-state index in [-0.39, 0.29) is 24.9 Å². The van der Waals surface area contributed by atoms with E-state index >= 15 is 0 Å². The summed E-state index contributed by atoms with van der Waals surface area (Å²) in [5.74, 6) is -0.490. The number of aliphatic hydroxyl groups is 2. The highest BCUT2D eigenvalue weighted by atomic mass is 16.5. The van der Waals surface area contributed by atoms with Gasteiger partial charge in [-0.1, -0.05) is 231 Å². The topological polar surface area (TPSA) is 95.9 Å². The summed E-state index contributed by atoms with van der Waals surface area (Å²) < 4.78 is 5.92. The Morgan fingerprint density at radius 1 is 0.508 bits per heavy atom. The Morgan fingerprint density at radius 3 is 1.39 bits per heavy atom. The van der Waals surface area contributed by atoms with Gasteiger partial charge in [0, 0.05) is 6.42 Å². The molecule has 1 amide bonds. The van der Waals surface area contributed by atoms with Crippen LogP contribution in [0.3, 0.4) is 0 Å². The minimum Gasteiger partial charge on any atom is -0.462 e. The first-order chi connectivity index (χ1) is 29.0. The minimum absolute atomic E-state index is 0.0721. The molecule has 3 N–H and O–H groups in total. The maximum Gasteiger partial charge on any atom is 0.306 e. The molecule has 0 heterocycles. The lowest BCUT2D eigenvalue weighted by Gasteiger charge is -2.24. The number of carbonyl (C=O) groups is 2. The minimum atomic E-state index is -0.788. The van der Waals surface area contributed by atoms with Crippen molar-refractivity contribution >= 4 is 11.9 Å². The van der Waals surface area contributed by atoms with E-state index in [1.54, 1.807) is 0 Å². The van der Waals surface area contributed by atoms with Crippen LogP contribution in [0.2, 0.25) is 0 Å². The molecule has 0 aliphatic rings. The van der Waals surface area contributed by atoms with Crippen LogP contribution in [0, 0.1) is 0 Å². The number of carbonyl (C=O) groups excluding carboxylic acids is 2. The Kier molecular flexibility index (Phi) is 45.6. The van der Waals surface area contributed by atoms with Crippen LogP contribution < -0.4 is 5.32 Å². The first-order valence-electron chi connectivity index (χ1n) is 25.7. The van der Waals surface area contributed by atoms with E-state index in [4.69, 9.17) is 4.74 Å². The largest absolute Gasteiger partial charge is 0.462 e. The molecule has 0 radical (unpaired) electrons. The van der Waals surface area contributed by atoms with E-state index in [9.17, 15) is 19.8 Å². The van der Waals surface area contributed by atoms with E-state index in [1.807, 2.05) is 0 Å². The molecule has 0 aliphatic heterocycles. The predicted molar refractivity (Wildman–Crippen MR) is 255 cm³/mol. The summed E-state index contributed by atoms with van der Waals surface area (Å²) >= 11 is 0. The van der Waals surface area contributed by atoms with Gasteiger partial charge < -0.3 is 20.3 Å². The average molecular weight is 830 g/mol. The van der Waals surface area contributed by atoms with Gasteiger partial charge in [0.15, 0.2) is 0 Å². The Bertz CT molecular complexity index is 977. The Morgan fingerprint density at radius 2 is 0.915 bits per heavy atom. The molecule has 0 bridgehead atoms. The predicted octanol–water partition coefficient (Wildman–Crippen LogP) is 15.3. The van der Waals surface area contributed by atoms with Gasteiger partial charge in [0.1, 0.15) is 6.10 Å². The van der Waals surface area contributed by atoms with Crippen molar-refractivity contribution < 1.29 is 24.5 Å². The maximum atomic E-state index is 13.2. The van der Waals surface area contributed by atoms with E-state index in [0.29, 0.717) is 19.3 Å². The number of aliphatic hydroxyl groups excluding tert-OH is 2. The van der Waals surface area contributed by atoms with Crippen molar-refractivity contribution in [2.24, 2.45) is 0 Å². The van der Waals surface area contributed by atoms with Gasteiger partial charge in [0.25, 0.3) is 0 Å². The molecule has 3 unspecified atom stereocenters. The van der Waals surface area contributed by atoms with Gasteiger partial charge in [0.05, 0.1) is 25.2 Å². The Balaban J connectivity index is 4.52. The number of ether oxygens (including phenoxy) is 1. The summed E-state index contributed by atoms with van der Waals surface area (Å²) in [6.07, 6.45) is 54.9. The highest BCUT2D eigenvalue weighted by Crippen LogP contribution is 2.18. The summed E-state index contributed by atoms with van der Waals surface area (Å²) in [7, 11) is 0. The third-order valence-corrected chi connectivity index (χ3v) is 11.7. The van der Waals surface area contributed by atoms with Crippen molar-refractivity contribution in [2.75, 3.05) is 6.61 Å². The van der Waals surface area contributed by atoms with Crippen molar-refractivity contribution in [1.29, 1.82) is 0 Å². The number of hydrogen-bond donors (Lipinski definition) is 3. The number of nitrogens with one attached hydrogen (secondary N) is 1. The van der Waals surface area contributed by atoms with Crippen LogP contribution in [0.4, 0.5) is 0 Å². The lowest BCUT2D eigenvalue weighted by Crippen LogP contribution is -2.46. The van der Waals surface area contributed by atoms with Gasteiger partial charge in [0.2, 0.25) is 5.91 Å². The fourth-order valence-electron chi connectivity index (χ4n) is 7.86. The zero-order valence-electron chi connectivity index (χ0n) is 39.4. The Hall–Kier alpha value is -1.92. The lowest BCUT2D eigenvalue weighted by atomic mass is 10.0. The lowest BCUT2D eigenvalue weighted by molar-refractivity contribution is -0.151.